The second-order valence-corrected chi connectivity index (χ2v) is 4.48. The minimum Gasteiger partial charge on any atom is -0.299 e. The van der Waals surface area contributed by atoms with E-state index in [4.69, 9.17) is 0 Å². The molecular weight excluding hydrogens is 215 g/mol. The fourth-order valence-electron chi connectivity index (χ4n) is 1.64. The average Bonchev–Trinajstić information content (AvgIpc) is 2.29. The first-order valence-corrected chi connectivity index (χ1v) is 5.67. The van der Waals surface area contributed by atoms with Crippen molar-refractivity contribution < 1.29 is 9.18 Å². The SMILES string of the molecule is CC#CCCC(=O)C(C)(C)c1ccc(F)cc1. The van der Waals surface area contributed by atoms with E-state index in [1.54, 1.807) is 19.1 Å². The van der Waals surface area contributed by atoms with Crippen molar-refractivity contribution in [3.8, 4) is 11.8 Å². The average molecular weight is 232 g/mol. The van der Waals surface area contributed by atoms with E-state index < -0.39 is 5.41 Å². The van der Waals surface area contributed by atoms with Crippen molar-refractivity contribution in [2.45, 2.75) is 39.0 Å². The van der Waals surface area contributed by atoms with Crippen LogP contribution in [0.4, 0.5) is 4.39 Å². The monoisotopic (exact) mass is 232 g/mol. The third-order valence-electron chi connectivity index (χ3n) is 2.92. The molecule has 1 aromatic rings. The summed E-state index contributed by atoms with van der Waals surface area (Å²) in [5.41, 5.74) is 0.261. The van der Waals surface area contributed by atoms with Crippen LogP contribution in [0.1, 0.15) is 39.2 Å². The first kappa shape index (κ1) is 13.4. The fraction of sp³-hybridized carbons (Fsp3) is 0.400. The van der Waals surface area contributed by atoms with Crippen LogP contribution in [-0.2, 0) is 10.2 Å². The van der Waals surface area contributed by atoms with Gasteiger partial charge in [-0.1, -0.05) is 12.1 Å². The van der Waals surface area contributed by atoms with Crippen LogP contribution in [0.15, 0.2) is 24.3 Å². The van der Waals surface area contributed by atoms with E-state index >= 15 is 0 Å². The summed E-state index contributed by atoms with van der Waals surface area (Å²) < 4.78 is 12.8. The Morgan fingerprint density at radius 1 is 1.29 bits per heavy atom. The molecule has 0 fully saturated rings. The highest BCUT2D eigenvalue weighted by Crippen LogP contribution is 2.26. The maximum atomic E-state index is 12.8. The second-order valence-electron chi connectivity index (χ2n) is 4.48. The Labute approximate surface area is 102 Å². The minimum atomic E-state index is -0.580. The number of Topliss-reactive ketones (excluding diaryl/α,β-unsaturated/α-hetero) is 1. The molecular formula is C15H17FO. The molecule has 1 aromatic carbocycles. The van der Waals surface area contributed by atoms with Crippen LogP contribution in [0.2, 0.25) is 0 Å². The first-order valence-electron chi connectivity index (χ1n) is 5.67. The van der Waals surface area contributed by atoms with Gasteiger partial charge in [0.2, 0.25) is 0 Å². The largest absolute Gasteiger partial charge is 0.299 e. The van der Waals surface area contributed by atoms with Gasteiger partial charge in [0.05, 0.1) is 0 Å². The van der Waals surface area contributed by atoms with Crippen LogP contribution in [0.5, 0.6) is 0 Å². The van der Waals surface area contributed by atoms with E-state index in [-0.39, 0.29) is 11.6 Å². The number of halogens is 1. The Hall–Kier alpha value is -1.62. The summed E-state index contributed by atoms with van der Waals surface area (Å²) in [6.07, 6.45) is 1.02. The number of hydrogen-bond acceptors (Lipinski definition) is 1. The van der Waals surface area contributed by atoms with Crippen molar-refractivity contribution in [2.75, 3.05) is 0 Å². The second kappa shape index (κ2) is 5.63. The summed E-state index contributed by atoms with van der Waals surface area (Å²) in [5.74, 6) is 5.50. The van der Waals surface area contributed by atoms with Gasteiger partial charge in [0.1, 0.15) is 11.6 Å². The van der Waals surface area contributed by atoms with Crippen molar-refractivity contribution >= 4 is 5.78 Å². The lowest BCUT2D eigenvalue weighted by atomic mass is 9.79. The number of carbonyl (C=O) groups excluding carboxylic acids is 1. The zero-order valence-electron chi connectivity index (χ0n) is 10.5. The molecule has 17 heavy (non-hydrogen) atoms. The van der Waals surface area contributed by atoms with Gasteiger partial charge in [0, 0.05) is 18.3 Å². The maximum Gasteiger partial charge on any atom is 0.143 e. The Balaban J connectivity index is 2.81. The van der Waals surface area contributed by atoms with Gasteiger partial charge in [0.25, 0.3) is 0 Å². The van der Waals surface area contributed by atoms with Gasteiger partial charge in [-0.3, -0.25) is 4.79 Å². The highest BCUT2D eigenvalue weighted by molar-refractivity contribution is 5.89. The first-order chi connectivity index (χ1) is 7.98. The van der Waals surface area contributed by atoms with Gasteiger partial charge in [-0.2, -0.15) is 0 Å². The highest BCUT2D eigenvalue weighted by atomic mass is 19.1. The van der Waals surface area contributed by atoms with E-state index in [0.29, 0.717) is 12.8 Å². The Morgan fingerprint density at radius 3 is 2.41 bits per heavy atom. The molecule has 0 radical (unpaired) electrons. The molecule has 0 aliphatic heterocycles. The van der Waals surface area contributed by atoms with Crippen LogP contribution in [0.25, 0.3) is 0 Å². The van der Waals surface area contributed by atoms with E-state index in [1.165, 1.54) is 12.1 Å². The fourth-order valence-corrected chi connectivity index (χ4v) is 1.64. The summed E-state index contributed by atoms with van der Waals surface area (Å²) in [7, 11) is 0. The lowest BCUT2D eigenvalue weighted by Gasteiger charge is -2.23. The number of benzene rings is 1. The molecule has 90 valence electrons. The highest BCUT2D eigenvalue weighted by Gasteiger charge is 2.28. The Kier molecular flexibility index (Phi) is 4.45. The number of ketones is 1. The zero-order chi connectivity index (χ0) is 12.9. The molecule has 1 nitrogen and oxygen atoms in total. The van der Waals surface area contributed by atoms with Crippen LogP contribution in [0.3, 0.4) is 0 Å². The molecule has 0 aliphatic carbocycles. The predicted molar refractivity (Wildman–Crippen MR) is 67.1 cm³/mol. The summed E-state index contributed by atoms with van der Waals surface area (Å²) in [4.78, 5) is 12.1. The van der Waals surface area contributed by atoms with Gasteiger partial charge in [-0.15, -0.1) is 11.8 Å². The molecule has 0 aromatic heterocycles. The van der Waals surface area contributed by atoms with Crippen LogP contribution >= 0.6 is 0 Å². The lowest BCUT2D eigenvalue weighted by molar-refractivity contribution is -0.123. The molecule has 0 N–H and O–H groups in total. The quantitative estimate of drug-likeness (QED) is 0.726. The molecule has 1 rings (SSSR count). The Morgan fingerprint density at radius 2 is 1.88 bits per heavy atom. The summed E-state index contributed by atoms with van der Waals surface area (Å²) in [6.45, 7) is 5.49. The summed E-state index contributed by atoms with van der Waals surface area (Å²) in [6, 6.07) is 6.10. The molecule has 0 heterocycles. The summed E-state index contributed by atoms with van der Waals surface area (Å²) in [5, 5.41) is 0. The van der Waals surface area contributed by atoms with Gasteiger partial charge in [-0.05, 0) is 38.5 Å². The van der Waals surface area contributed by atoms with Gasteiger partial charge in [-0.25, -0.2) is 4.39 Å². The normalized spacial score (nSPS) is 10.6. The molecule has 0 unspecified atom stereocenters. The lowest BCUT2D eigenvalue weighted by Crippen LogP contribution is -2.28. The third-order valence-corrected chi connectivity index (χ3v) is 2.92. The van der Waals surface area contributed by atoms with Gasteiger partial charge < -0.3 is 0 Å². The van der Waals surface area contributed by atoms with E-state index in [9.17, 15) is 9.18 Å². The van der Waals surface area contributed by atoms with Crippen molar-refractivity contribution in [1.82, 2.24) is 0 Å². The maximum absolute atomic E-state index is 12.8. The molecule has 0 spiro atoms. The molecule has 0 atom stereocenters. The van der Waals surface area contributed by atoms with E-state index in [2.05, 4.69) is 11.8 Å². The van der Waals surface area contributed by atoms with Crippen molar-refractivity contribution in [3.05, 3.63) is 35.6 Å². The van der Waals surface area contributed by atoms with Crippen LogP contribution in [-0.4, -0.2) is 5.78 Å². The predicted octanol–water partition coefficient (Wildman–Crippen LogP) is 3.48. The number of hydrogen-bond donors (Lipinski definition) is 0. The minimum absolute atomic E-state index is 0.131. The van der Waals surface area contributed by atoms with E-state index in [0.717, 1.165) is 5.56 Å². The molecule has 0 bridgehead atoms. The number of rotatable bonds is 4. The molecule has 0 saturated heterocycles. The van der Waals surface area contributed by atoms with Gasteiger partial charge in [0.15, 0.2) is 0 Å². The molecule has 0 aliphatic rings. The van der Waals surface area contributed by atoms with E-state index in [1.807, 2.05) is 13.8 Å². The van der Waals surface area contributed by atoms with Gasteiger partial charge >= 0.3 is 0 Å². The molecule has 0 amide bonds. The summed E-state index contributed by atoms with van der Waals surface area (Å²) >= 11 is 0. The third kappa shape index (κ3) is 3.42. The molecule has 0 saturated carbocycles. The zero-order valence-corrected chi connectivity index (χ0v) is 10.5. The van der Waals surface area contributed by atoms with Crippen molar-refractivity contribution in [3.63, 3.8) is 0 Å². The smallest absolute Gasteiger partial charge is 0.143 e. The standard InChI is InChI=1S/C15H17FO/c1-4-5-6-7-14(17)15(2,3)12-8-10-13(16)11-9-12/h8-11H,6-7H2,1-3H3. The molecule has 2 heteroatoms. The topological polar surface area (TPSA) is 17.1 Å². The number of carbonyl (C=O) groups is 1. The van der Waals surface area contributed by atoms with Crippen molar-refractivity contribution in [2.24, 2.45) is 0 Å². The Bertz CT molecular complexity index is 446. The van der Waals surface area contributed by atoms with Crippen molar-refractivity contribution in [1.29, 1.82) is 0 Å². The van der Waals surface area contributed by atoms with Crippen LogP contribution in [0, 0.1) is 17.7 Å². The van der Waals surface area contributed by atoms with Crippen LogP contribution < -0.4 is 0 Å².